The van der Waals surface area contributed by atoms with Crippen molar-refractivity contribution in [3.63, 3.8) is 0 Å². The molecule has 110 valence electrons. The number of rotatable bonds is 4. The maximum absolute atomic E-state index is 12.5. The van der Waals surface area contributed by atoms with Gasteiger partial charge in [0.2, 0.25) is 15.9 Å². The summed E-state index contributed by atoms with van der Waals surface area (Å²) in [6.45, 7) is 0.172. The number of nitrogens with two attached hydrogens (primary N) is 1. The fraction of sp³-hybridized carbons (Fsp3) is 0.417. The van der Waals surface area contributed by atoms with Crippen molar-refractivity contribution in [1.82, 2.24) is 4.31 Å². The van der Waals surface area contributed by atoms with Gasteiger partial charge in [-0.05, 0) is 30.7 Å². The van der Waals surface area contributed by atoms with E-state index in [9.17, 15) is 13.2 Å². The highest BCUT2D eigenvalue weighted by Crippen LogP contribution is 2.29. The van der Waals surface area contributed by atoms with E-state index < -0.39 is 22.0 Å². The van der Waals surface area contributed by atoms with E-state index in [1.807, 2.05) is 0 Å². The molecular formula is C12H16N2O4S2. The Morgan fingerprint density at radius 2 is 2.00 bits per heavy atom. The maximum atomic E-state index is 12.5. The summed E-state index contributed by atoms with van der Waals surface area (Å²) >= 11 is 4.25. The van der Waals surface area contributed by atoms with E-state index in [0.717, 1.165) is 4.31 Å². The predicted octanol–water partition coefficient (Wildman–Crippen LogP) is 0.242. The molecule has 1 fully saturated rings. The fourth-order valence-electron chi connectivity index (χ4n) is 2.19. The molecule has 6 nitrogen and oxygen atoms in total. The van der Waals surface area contributed by atoms with Crippen LogP contribution in [0.4, 0.5) is 0 Å². The van der Waals surface area contributed by atoms with Crippen molar-refractivity contribution in [2.24, 2.45) is 5.73 Å². The number of nitrogens with zero attached hydrogens (tertiary/aromatic N) is 1. The molecule has 1 aliphatic rings. The van der Waals surface area contributed by atoms with Crippen LogP contribution in [0, 0.1) is 0 Å². The van der Waals surface area contributed by atoms with Gasteiger partial charge in [-0.1, -0.05) is 0 Å². The largest absolute Gasteiger partial charge is 0.497 e. The standard InChI is InChI=1S/C12H16N2O4S2/c1-18-8-2-4-10(5-3-8)20(16,17)14-7-9(19)6-11(14)12(13)15/h2-5,9,11,19H,6-7H2,1H3,(H2,13,15). The van der Waals surface area contributed by atoms with E-state index in [-0.39, 0.29) is 16.7 Å². The average molecular weight is 316 g/mol. The number of amides is 1. The second-order valence-electron chi connectivity index (χ2n) is 4.56. The molecule has 1 aromatic rings. The smallest absolute Gasteiger partial charge is 0.243 e. The summed E-state index contributed by atoms with van der Waals surface area (Å²) in [6.07, 6.45) is 0.327. The molecular weight excluding hydrogens is 300 g/mol. The Morgan fingerprint density at radius 1 is 1.40 bits per heavy atom. The molecule has 1 saturated heterocycles. The zero-order chi connectivity index (χ0) is 14.9. The van der Waals surface area contributed by atoms with Crippen molar-refractivity contribution in [3.8, 4) is 5.75 Å². The molecule has 20 heavy (non-hydrogen) atoms. The molecule has 1 heterocycles. The second kappa shape index (κ2) is 5.63. The van der Waals surface area contributed by atoms with Crippen LogP contribution in [0.5, 0.6) is 5.75 Å². The zero-order valence-corrected chi connectivity index (χ0v) is 12.6. The van der Waals surface area contributed by atoms with E-state index >= 15 is 0 Å². The lowest BCUT2D eigenvalue weighted by Gasteiger charge is -2.21. The lowest BCUT2D eigenvalue weighted by molar-refractivity contribution is -0.121. The number of sulfonamides is 1. The van der Waals surface area contributed by atoms with Crippen LogP contribution >= 0.6 is 12.6 Å². The first-order chi connectivity index (χ1) is 9.36. The minimum Gasteiger partial charge on any atom is -0.497 e. The number of thiol groups is 1. The van der Waals surface area contributed by atoms with Crippen LogP contribution in [0.1, 0.15) is 6.42 Å². The summed E-state index contributed by atoms with van der Waals surface area (Å²) in [5, 5.41) is -0.194. The molecule has 0 radical (unpaired) electrons. The Hall–Kier alpha value is -1.25. The van der Waals surface area contributed by atoms with Crippen LogP contribution in [-0.2, 0) is 14.8 Å². The first-order valence-corrected chi connectivity index (χ1v) is 7.95. The lowest BCUT2D eigenvalue weighted by atomic mass is 10.2. The molecule has 2 unspecified atom stereocenters. The second-order valence-corrected chi connectivity index (χ2v) is 7.18. The Balaban J connectivity index is 2.35. The summed E-state index contributed by atoms with van der Waals surface area (Å²) < 4.78 is 31.2. The van der Waals surface area contributed by atoms with E-state index in [4.69, 9.17) is 10.5 Å². The number of carbonyl (C=O) groups excluding carboxylic acids is 1. The van der Waals surface area contributed by atoms with Gasteiger partial charge in [-0.25, -0.2) is 8.42 Å². The van der Waals surface area contributed by atoms with Crippen molar-refractivity contribution < 1.29 is 17.9 Å². The third kappa shape index (κ3) is 2.77. The van der Waals surface area contributed by atoms with Crippen molar-refractivity contribution in [2.45, 2.75) is 22.6 Å². The Kier molecular flexibility index (Phi) is 4.26. The average Bonchev–Trinajstić information content (AvgIpc) is 2.82. The van der Waals surface area contributed by atoms with Crippen LogP contribution in [0.25, 0.3) is 0 Å². The van der Waals surface area contributed by atoms with Gasteiger partial charge in [0, 0.05) is 11.8 Å². The van der Waals surface area contributed by atoms with Gasteiger partial charge in [0.05, 0.1) is 12.0 Å². The van der Waals surface area contributed by atoms with Gasteiger partial charge >= 0.3 is 0 Å². The molecule has 2 rings (SSSR count). The van der Waals surface area contributed by atoms with Gasteiger partial charge in [-0.15, -0.1) is 0 Å². The Labute approximate surface area is 123 Å². The molecule has 1 aromatic carbocycles. The summed E-state index contributed by atoms with van der Waals surface area (Å²) in [7, 11) is -2.26. The number of methoxy groups -OCH3 is 1. The van der Waals surface area contributed by atoms with Crippen molar-refractivity contribution in [2.75, 3.05) is 13.7 Å². The number of carbonyl (C=O) groups is 1. The monoisotopic (exact) mass is 316 g/mol. The topological polar surface area (TPSA) is 89.7 Å². The van der Waals surface area contributed by atoms with E-state index in [2.05, 4.69) is 12.6 Å². The van der Waals surface area contributed by atoms with Gasteiger partial charge in [-0.3, -0.25) is 4.79 Å². The van der Waals surface area contributed by atoms with E-state index in [1.165, 1.54) is 19.2 Å². The lowest BCUT2D eigenvalue weighted by Crippen LogP contribution is -2.43. The zero-order valence-electron chi connectivity index (χ0n) is 10.9. The van der Waals surface area contributed by atoms with Crippen molar-refractivity contribution >= 4 is 28.6 Å². The highest BCUT2D eigenvalue weighted by molar-refractivity contribution is 7.89. The van der Waals surface area contributed by atoms with E-state index in [1.54, 1.807) is 12.1 Å². The molecule has 0 aromatic heterocycles. The molecule has 0 bridgehead atoms. The van der Waals surface area contributed by atoms with Crippen molar-refractivity contribution in [3.05, 3.63) is 24.3 Å². The van der Waals surface area contributed by atoms with Crippen LogP contribution in [-0.4, -0.2) is 43.6 Å². The van der Waals surface area contributed by atoms with Gasteiger partial charge in [0.15, 0.2) is 0 Å². The Morgan fingerprint density at radius 3 is 2.50 bits per heavy atom. The normalized spacial score (nSPS) is 23.7. The molecule has 2 N–H and O–H groups in total. The molecule has 1 aliphatic heterocycles. The van der Waals surface area contributed by atoms with Gasteiger partial charge in [0.1, 0.15) is 11.8 Å². The quantitative estimate of drug-likeness (QED) is 0.779. The number of hydrogen-bond acceptors (Lipinski definition) is 5. The number of benzene rings is 1. The van der Waals surface area contributed by atoms with Crippen LogP contribution in [0.2, 0.25) is 0 Å². The molecule has 2 atom stereocenters. The molecule has 0 aliphatic carbocycles. The fourth-order valence-corrected chi connectivity index (χ4v) is 4.33. The molecule has 0 spiro atoms. The van der Waals surface area contributed by atoms with Gasteiger partial charge < -0.3 is 10.5 Å². The predicted molar refractivity (Wildman–Crippen MR) is 77.3 cm³/mol. The first-order valence-electron chi connectivity index (χ1n) is 5.99. The summed E-state index contributed by atoms with van der Waals surface area (Å²) in [5.74, 6) is -0.0949. The Bertz CT molecular complexity index is 600. The highest BCUT2D eigenvalue weighted by atomic mass is 32.2. The van der Waals surface area contributed by atoms with Crippen molar-refractivity contribution in [1.29, 1.82) is 0 Å². The SMILES string of the molecule is COc1ccc(S(=O)(=O)N2CC(S)CC2C(N)=O)cc1. The molecule has 1 amide bonds. The maximum Gasteiger partial charge on any atom is 0.243 e. The highest BCUT2D eigenvalue weighted by Gasteiger charge is 2.41. The summed E-state index contributed by atoms with van der Waals surface area (Å²) in [4.78, 5) is 11.5. The summed E-state index contributed by atoms with van der Waals surface area (Å²) in [6, 6.07) is 5.15. The molecule has 0 saturated carbocycles. The van der Waals surface area contributed by atoms with Crippen LogP contribution in [0.15, 0.2) is 29.2 Å². The number of hydrogen-bond donors (Lipinski definition) is 2. The van der Waals surface area contributed by atoms with E-state index in [0.29, 0.717) is 12.2 Å². The molecule has 8 heteroatoms. The first kappa shape index (κ1) is 15.1. The minimum atomic E-state index is -3.76. The number of primary amides is 1. The van der Waals surface area contributed by atoms with Crippen LogP contribution in [0.3, 0.4) is 0 Å². The van der Waals surface area contributed by atoms with Gasteiger partial charge in [-0.2, -0.15) is 16.9 Å². The third-order valence-corrected chi connectivity index (χ3v) is 5.49. The minimum absolute atomic E-state index is 0.104. The van der Waals surface area contributed by atoms with Gasteiger partial charge in [0.25, 0.3) is 0 Å². The van der Waals surface area contributed by atoms with Crippen LogP contribution < -0.4 is 10.5 Å². The summed E-state index contributed by atoms with van der Waals surface area (Å²) in [5.41, 5.74) is 5.27. The third-order valence-electron chi connectivity index (χ3n) is 3.23. The number of ether oxygens (including phenoxy) is 1.